The summed E-state index contributed by atoms with van der Waals surface area (Å²) in [5, 5.41) is 6.76. The van der Waals surface area contributed by atoms with Crippen molar-refractivity contribution < 1.29 is 9.90 Å². The van der Waals surface area contributed by atoms with Crippen LogP contribution in [0.4, 0.5) is 0 Å². The maximum absolute atomic E-state index is 8.24. The maximum Gasteiger partial charge on any atom is 0.414 e. The van der Waals surface area contributed by atoms with Crippen LogP contribution in [0, 0.1) is 6.92 Å². The first-order chi connectivity index (χ1) is 4.81. The van der Waals surface area contributed by atoms with Gasteiger partial charge >= 0.3 is 6.47 Å². The Hall–Kier alpha value is -1.31. The van der Waals surface area contributed by atoms with E-state index in [1.165, 1.54) is 0 Å². The number of hydrogen-bond acceptors (Lipinski definition) is 1. The van der Waals surface area contributed by atoms with Gasteiger partial charge in [0.25, 0.3) is 0 Å². The van der Waals surface area contributed by atoms with E-state index in [0.29, 0.717) is 6.47 Å². The van der Waals surface area contributed by atoms with Crippen LogP contribution in [0.15, 0.2) is 30.3 Å². The first-order valence-corrected chi connectivity index (χ1v) is 2.69. The summed E-state index contributed by atoms with van der Waals surface area (Å²) in [6.07, 6.45) is 0. The van der Waals surface area contributed by atoms with E-state index in [1.807, 2.05) is 30.3 Å². The summed E-state index contributed by atoms with van der Waals surface area (Å²) in [5.41, 5.74) is 1.07. The number of hydrogen-bond donors (Lipinski definition) is 1. The molecule has 1 aromatic rings. The molecule has 10 heavy (non-hydrogen) atoms. The molecular weight excluding hydrogens is 128 g/mol. The zero-order valence-corrected chi connectivity index (χ0v) is 5.45. The summed E-state index contributed by atoms with van der Waals surface area (Å²) in [6.45, 7) is 4.22. The van der Waals surface area contributed by atoms with Crippen molar-refractivity contribution in [1.82, 2.24) is 0 Å². The molecule has 0 fully saturated rings. The molecule has 52 valence electrons. The molecule has 0 aliphatic heterocycles. The van der Waals surface area contributed by atoms with E-state index in [4.69, 9.17) is 9.90 Å². The molecule has 0 bridgehead atoms. The second-order valence-electron chi connectivity index (χ2n) is 1.58. The van der Waals surface area contributed by atoms with Gasteiger partial charge in [0.1, 0.15) is 0 Å². The van der Waals surface area contributed by atoms with Gasteiger partial charge in [0, 0.05) is 0 Å². The molecule has 0 heterocycles. The molecule has 0 aliphatic carbocycles. The molecule has 0 atom stereocenters. The van der Waals surface area contributed by atoms with Gasteiger partial charge in [-0.15, -0.1) is 0 Å². The molecule has 0 saturated heterocycles. The van der Waals surface area contributed by atoms with Crippen molar-refractivity contribution in [2.45, 2.75) is 0 Å². The number of rotatable bonds is 0. The predicted molar refractivity (Wildman–Crippen MR) is 39.2 cm³/mol. The number of aliphatic hydroxyl groups excluding tert-OH is 1. The first-order valence-electron chi connectivity index (χ1n) is 2.69. The Morgan fingerprint density at radius 2 is 1.70 bits per heavy atom. The van der Waals surface area contributed by atoms with Crippen LogP contribution in [0.5, 0.6) is 0 Å². The summed E-state index contributed by atoms with van der Waals surface area (Å²) >= 11 is 0. The fourth-order valence-corrected chi connectivity index (χ4v) is 0.478. The summed E-state index contributed by atoms with van der Waals surface area (Å²) in [7, 11) is 0. The fourth-order valence-electron chi connectivity index (χ4n) is 0.478. The monoisotopic (exact) mass is 136 g/mol. The zero-order valence-electron chi connectivity index (χ0n) is 5.45. The van der Waals surface area contributed by atoms with E-state index in [1.54, 1.807) is 0 Å². The van der Waals surface area contributed by atoms with Crippen LogP contribution in [-0.2, 0) is 4.79 Å². The van der Waals surface area contributed by atoms with Gasteiger partial charge in [-0.25, -0.2) is 4.79 Å². The standard InChI is InChI=1S/C7H7.CHO2/c1-7-5-3-2-4-6-7;2-1-3/h2-6H,1H2;(H,2,3). The third-order valence-corrected chi connectivity index (χ3v) is 0.843. The summed E-state index contributed by atoms with van der Waals surface area (Å²) in [4.78, 5) is 8.24. The molecule has 1 rings (SSSR count). The SMILES string of the molecule is O=[C]O.[CH2]c1ccccc1. The van der Waals surface area contributed by atoms with Crippen LogP contribution in [0.3, 0.4) is 0 Å². The van der Waals surface area contributed by atoms with E-state index < -0.39 is 0 Å². The lowest BCUT2D eigenvalue weighted by molar-refractivity contribution is 0.437. The van der Waals surface area contributed by atoms with Gasteiger partial charge in [0.05, 0.1) is 0 Å². The van der Waals surface area contributed by atoms with Crippen molar-refractivity contribution in [3.8, 4) is 0 Å². The fraction of sp³-hybridized carbons (Fsp3) is 0. The highest BCUT2D eigenvalue weighted by Gasteiger charge is 1.72. The second kappa shape index (κ2) is 5.82. The average molecular weight is 136 g/mol. The van der Waals surface area contributed by atoms with Gasteiger partial charge < -0.3 is 5.11 Å². The molecular formula is C8H8O2. The van der Waals surface area contributed by atoms with Gasteiger partial charge in [-0.3, -0.25) is 0 Å². The lowest BCUT2D eigenvalue weighted by Gasteiger charge is -1.82. The summed E-state index contributed by atoms with van der Waals surface area (Å²) in [5.74, 6) is 0. The molecule has 0 saturated carbocycles. The molecule has 1 N–H and O–H groups in total. The van der Waals surface area contributed by atoms with Crippen molar-refractivity contribution in [1.29, 1.82) is 0 Å². The Morgan fingerprint density at radius 3 is 1.90 bits per heavy atom. The van der Waals surface area contributed by atoms with Crippen LogP contribution < -0.4 is 0 Å². The molecule has 1 aromatic carbocycles. The van der Waals surface area contributed by atoms with Gasteiger partial charge in [-0.05, 0) is 12.5 Å². The van der Waals surface area contributed by atoms with E-state index in [2.05, 4.69) is 6.92 Å². The van der Waals surface area contributed by atoms with Crippen LogP contribution in [0.2, 0.25) is 0 Å². The molecule has 0 aromatic heterocycles. The Kier molecular flexibility index (Phi) is 5.06. The summed E-state index contributed by atoms with van der Waals surface area (Å²) in [6, 6.07) is 9.87. The molecule has 2 heteroatoms. The molecule has 0 amide bonds. The van der Waals surface area contributed by atoms with E-state index >= 15 is 0 Å². The molecule has 2 nitrogen and oxygen atoms in total. The highest BCUT2D eigenvalue weighted by atomic mass is 16.3. The quantitative estimate of drug-likeness (QED) is 0.586. The predicted octanol–water partition coefficient (Wildman–Crippen LogP) is 1.48. The van der Waals surface area contributed by atoms with E-state index in [0.717, 1.165) is 5.56 Å². The normalized spacial score (nSPS) is 7.30. The Morgan fingerprint density at radius 1 is 1.30 bits per heavy atom. The maximum atomic E-state index is 8.24. The summed E-state index contributed by atoms with van der Waals surface area (Å²) < 4.78 is 0. The van der Waals surface area contributed by atoms with E-state index in [-0.39, 0.29) is 0 Å². The highest BCUT2D eigenvalue weighted by Crippen LogP contribution is 1.92. The van der Waals surface area contributed by atoms with Gasteiger partial charge in [0.2, 0.25) is 0 Å². The smallest absolute Gasteiger partial charge is 0.414 e. The van der Waals surface area contributed by atoms with Crippen molar-refractivity contribution in [2.24, 2.45) is 0 Å². The van der Waals surface area contributed by atoms with Gasteiger partial charge in [-0.2, -0.15) is 0 Å². The Bertz CT molecular complexity index is 170. The lowest BCUT2D eigenvalue weighted by Crippen LogP contribution is -1.62. The van der Waals surface area contributed by atoms with Crippen LogP contribution in [0.25, 0.3) is 0 Å². The third kappa shape index (κ3) is 4.84. The first kappa shape index (κ1) is 8.69. The van der Waals surface area contributed by atoms with Crippen molar-refractivity contribution in [2.75, 3.05) is 0 Å². The number of benzene rings is 1. The molecule has 0 unspecified atom stereocenters. The lowest BCUT2D eigenvalue weighted by atomic mass is 10.2. The van der Waals surface area contributed by atoms with Crippen LogP contribution >= 0.6 is 0 Å². The molecule has 0 aliphatic rings. The largest absolute Gasteiger partial charge is 0.473 e. The molecule has 0 spiro atoms. The minimum Gasteiger partial charge on any atom is -0.473 e. The van der Waals surface area contributed by atoms with Crippen LogP contribution in [0.1, 0.15) is 5.56 Å². The van der Waals surface area contributed by atoms with Crippen molar-refractivity contribution in [3.05, 3.63) is 42.8 Å². The van der Waals surface area contributed by atoms with Crippen molar-refractivity contribution in [3.63, 3.8) is 0 Å². The zero-order chi connectivity index (χ0) is 7.82. The molecule has 2 radical (unpaired) electrons. The minimum atomic E-state index is 0.500. The minimum absolute atomic E-state index is 0.500. The van der Waals surface area contributed by atoms with Crippen molar-refractivity contribution >= 4 is 6.47 Å². The van der Waals surface area contributed by atoms with Gasteiger partial charge in [0.15, 0.2) is 0 Å². The second-order valence-corrected chi connectivity index (χ2v) is 1.58. The van der Waals surface area contributed by atoms with Gasteiger partial charge in [-0.1, -0.05) is 30.3 Å². The average Bonchev–Trinajstić information content (AvgIpc) is 1.91. The Labute approximate surface area is 60.1 Å². The topological polar surface area (TPSA) is 37.3 Å². The highest BCUT2D eigenvalue weighted by molar-refractivity contribution is 5.34. The van der Waals surface area contributed by atoms with Crippen LogP contribution in [-0.4, -0.2) is 11.6 Å². The third-order valence-electron chi connectivity index (χ3n) is 0.843. The Balaban J connectivity index is 0.000000236. The van der Waals surface area contributed by atoms with E-state index in [9.17, 15) is 0 Å².